The Balaban J connectivity index is 1.74. The number of nitrogens with zero attached hydrogens (tertiary/aromatic N) is 2. The van der Waals surface area contributed by atoms with Crippen LogP contribution in [0.2, 0.25) is 0 Å². The summed E-state index contributed by atoms with van der Waals surface area (Å²) in [5.41, 5.74) is 1.82. The standard InChI is InChI=1S/C23H28N2O3/c1-3-24(4-2)21(27)18-10-12-19(13-11-18)22(28)25-15-14-23(16-25,17-26)20-8-6-5-7-9-20/h5-13,26H,3-4,14-17H2,1-2H3. The van der Waals surface area contributed by atoms with Gasteiger partial charge in [0.05, 0.1) is 6.61 Å². The van der Waals surface area contributed by atoms with Gasteiger partial charge < -0.3 is 14.9 Å². The Morgan fingerprint density at radius 3 is 2.18 bits per heavy atom. The van der Waals surface area contributed by atoms with Crippen molar-refractivity contribution in [2.45, 2.75) is 25.7 Å². The number of aliphatic hydroxyl groups is 1. The van der Waals surface area contributed by atoms with Crippen LogP contribution in [0.3, 0.4) is 0 Å². The molecule has 1 heterocycles. The van der Waals surface area contributed by atoms with E-state index in [1.807, 2.05) is 44.2 Å². The number of hydrogen-bond donors (Lipinski definition) is 1. The molecule has 1 fully saturated rings. The molecule has 0 spiro atoms. The molecule has 5 heteroatoms. The Morgan fingerprint density at radius 2 is 1.61 bits per heavy atom. The minimum absolute atomic E-state index is 0.0120. The number of carbonyl (C=O) groups excluding carboxylic acids is 2. The average molecular weight is 380 g/mol. The zero-order chi connectivity index (χ0) is 20.1. The monoisotopic (exact) mass is 380 g/mol. The molecule has 2 amide bonds. The van der Waals surface area contributed by atoms with Crippen molar-refractivity contribution < 1.29 is 14.7 Å². The summed E-state index contributed by atoms with van der Waals surface area (Å²) in [5, 5.41) is 10.1. The van der Waals surface area contributed by atoms with Crippen LogP contribution < -0.4 is 0 Å². The molecule has 2 aromatic carbocycles. The lowest BCUT2D eigenvalue weighted by molar-refractivity contribution is 0.0761. The fourth-order valence-corrected chi connectivity index (χ4v) is 3.92. The second-order valence-electron chi connectivity index (χ2n) is 7.34. The fraction of sp³-hybridized carbons (Fsp3) is 0.391. The van der Waals surface area contributed by atoms with E-state index in [4.69, 9.17) is 0 Å². The van der Waals surface area contributed by atoms with Gasteiger partial charge in [0, 0.05) is 42.7 Å². The number of benzene rings is 2. The molecule has 2 aromatic rings. The molecule has 0 bridgehead atoms. The largest absolute Gasteiger partial charge is 0.395 e. The first-order chi connectivity index (χ1) is 13.5. The molecule has 3 rings (SSSR count). The quantitative estimate of drug-likeness (QED) is 0.838. The minimum Gasteiger partial charge on any atom is -0.395 e. The average Bonchev–Trinajstić information content (AvgIpc) is 3.21. The van der Waals surface area contributed by atoms with Gasteiger partial charge in [0.1, 0.15) is 0 Å². The molecule has 0 aromatic heterocycles. The van der Waals surface area contributed by atoms with Crippen molar-refractivity contribution in [2.75, 3.05) is 32.8 Å². The summed E-state index contributed by atoms with van der Waals surface area (Å²) in [6.45, 7) is 6.33. The second kappa shape index (κ2) is 8.57. The molecule has 1 aliphatic rings. The third kappa shape index (κ3) is 3.80. The van der Waals surface area contributed by atoms with E-state index in [2.05, 4.69) is 0 Å². The van der Waals surface area contributed by atoms with Gasteiger partial charge in [-0.05, 0) is 50.1 Å². The molecule has 0 radical (unpaired) electrons. The highest BCUT2D eigenvalue weighted by atomic mass is 16.3. The normalized spacial score (nSPS) is 18.9. The van der Waals surface area contributed by atoms with Gasteiger partial charge in [0.15, 0.2) is 0 Å². The lowest BCUT2D eigenvalue weighted by Gasteiger charge is -2.27. The Kier molecular flexibility index (Phi) is 6.15. The summed E-state index contributed by atoms with van der Waals surface area (Å²) >= 11 is 0. The number of hydrogen-bond acceptors (Lipinski definition) is 3. The van der Waals surface area contributed by atoms with Gasteiger partial charge in [-0.3, -0.25) is 9.59 Å². The lowest BCUT2D eigenvalue weighted by Crippen LogP contribution is -2.37. The van der Waals surface area contributed by atoms with Crippen LogP contribution in [0.25, 0.3) is 0 Å². The van der Waals surface area contributed by atoms with Crippen LogP contribution in [0.15, 0.2) is 54.6 Å². The maximum Gasteiger partial charge on any atom is 0.253 e. The van der Waals surface area contributed by atoms with Crippen LogP contribution in [-0.2, 0) is 5.41 Å². The van der Waals surface area contributed by atoms with Crippen molar-refractivity contribution in [3.8, 4) is 0 Å². The predicted octanol–water partition coefficient (Wildman–Crippen LogP) is 2.94. The van der Waals surface area contributed by atoms with Crippen molar-refractivity contribution in [2.24, 2.45) is 0 Å². The zero-order valence-electron chi connectivity index (χ0n) is 16.6. The molecular weight excluding hydrogens is 352 g/mol. The second-order valence-corrected chi connectivity index (χ2v) is 7.34. The third-order valence-corrected chi connectivity index (χ3v) is 5.76. The van der Waals surface area contributed by atoms with Crippen molar-refractivity contribution in [1.82, 2.24) is 9.80 Å². The summed E-state index contributed by atoms with van der Waals surface area (Å²) in [6.07, 6.45) is 0.734. The van der Waals surface area contributed by atoms with Gasteiger partial charge >= 0.3 is 0 Å². The number of carbonyl (C=O) groups is 2. The van der Waals surface area contributed by atoms with Gasteiger partial charge in [-0.25, -0.2) is 0 Å². The molecule has 0 aliphatic carbocycles. The highest BCUT2D eigenvalue weighted by Gasteiger charge is 2.41. The van der Waals surface area contributed by atoms with Crippen LogP contribution in [0.4, 0.5) is 0 Å². The molecule has 1 atom stereocenters. The van der Waals surface area contributed by atoms with E-state index in [1.165, 1.54) is 0 Å². The minimum atomic E-state index is -0.407. The molecular formula is C23H28N2O3. The van der Waals surface area contributed by atoms with Crippen molar-refractivity contribution in [1.29, 1.82) is 0 Å². The van der Waals surface area contributed by atoms with Crippen LogP contribution in [0, 0.1) is 0 Å². The van der Waals surface area contributed by atoms with Crippen LogP contribution in [-0.4, -0.2) is 59.5 Å². The van der Waals surface area contributed by atoms with Gasteiger partial charge in [-0.1, -0.05) is 30.3 Å². The highest BCUT2D eigenvalue weighted by Crippen LogP contribution is 2.34. The lowest BCUT2D eigenvalue weighted by atomic mass is 9.80. The Labute approximate surface area is 166 Å². The van der Waals surface area contributed by atoms with E-state index in [0.29, 0.717) is 37.3 Å². The van der Waals surface area contributed by atoms with Crippen LogP contribution >= 0.6 is 0 Å². The van der Waals surface area contributed by atoms with Crippen molar-refractivity contribution >= 4 is 11.8 Å². The van der Waals surface area contributed by atoms with Gasteiger partial charge in [-0.2, -0.15) is 0 Å². The number of rotatable bonds is 6. The van der Waals surface area contributed by atoms with E-state index in [0.717, 1.165) is 12.0 Å². The number of likely N-dealkylation sites (tertiary alicyclic amines) is 1. The molecule has 1 unspecified atom stereocenters. The molecule has 1 N–H and O–H groups in total. The first kappa shape index (κ1) is 20.1. The van der Waals surface area contributed by atoms with E-state index in [-0.39, 0.29) is 18.4 Å². The molecule has 1 saturated heterocycles. The fourth-order valence-electron chi connectivity index (χ4n) is 3.92. The Morgan fingerprint density at radius 1 is 1.00 bits per heavy atom. The smallest absolute Gasteiger partial charge is 0.253 e. The molecule has 5 nitrogen and oxygen atoms in total. The van der Waals surface area contributed by atoms with Crippen molar-refractivity contribution in [3.63, 3.8) is 0 Å². The Hall–Kier alpha value is -2.66. The summed E-state index contributed by atoms with van der Waals surface area (Å²) in [4.78, 5) is 28.9. The summed E-state index contributed by atoms with van der Waals surface area (Å²) < 4.78 is 0. The molecule has 0 saturated carbocycles. The Bertz CT molecular complexity index is 816. The first-order valence-electron chi connectivity index (χ1n) is 9.89. The summed E-state index contributed by atoms with van der Waals surface area (Å²) in [6, 6.07) is 16.8. The third-order valence-electron chi connectivity index (χ3n) is 5.76. The van der Waals surface area contributed by atoms with E-state index in [9.17, 15) is 14.7 Å². The predicted molar refractivity (Wildman–Crippen MR) is 109 cm³/mol. The number of aliphatic hydroxyl groups excluding tert-OH is 1. The van der Waals surface area contributed by atoms with Gasteiger partial charge in [0.2, 0.25) is 0 Å². The van der Waals surface area contributed by atoms with Gasteiger partial charge in [-0.15, -0.1) is 0 Å². The molecule has 148 valence electrons. The zero-order valence-corrected chi connectivity index (χ0v) is 16.6. The summed E-state index contributed by atoms with van der Waals surface area (Å²) in [5.74, 6) is -0.0818. The number of amides is 2. The van der Waals surface area contributed by atoms with E-state index < -0.39 is 5.41 Å². The van der Waals surface area contributed by atoms with E-state index >= 15 is 0 Å². The summed E-state index contributed by atoms with van der Waals surface area (Å²) in [7, 11) is 0. The SMILES string of the molecule is CCN(CC)C(=O)c1ccc(C(=O)N2CCC(CO)(c3ccccc3)C2)cc1. The van der Waals surface area contributed by atoms with E-state index in [1.54, 1.807) is 34.1 Å². The highest BCUT2D eigenvalue weighted by molar-refractivity contribution is 5.98. The maximum absolute atomic E-state index is 13.0. The van der Waals surface area contributed by atoms with Gasteiger partial charge in [0.25, 0.3) is 11.8 Å². The molecule has 28 heavy (non-hydrogen) atoms. The van der Waals surface area contributed by atoms with Crippen molar-refractivity contribution in [3.05, 3.63) is 71.3 Å². The topological polar surface area (TPSA) is 60.9 Å². The molecule has 1 aliphatic heterocycles. The maximum atomic E-state index is 13.0. The van der Waals surface area contributed by atoms with Crippen LogP contribution in [0.1, 0.15) is 46.5 Å². The first-order valence-corrected chi connectivity index (χ1v) is 9.89. The van der Waals surface area contributed by atoms with Crippen LogP contribution in [0.5, 0.6) is 0 Å².